The molecule has 0 spiro atoms. The van der Waals surface area contributed by atoms with E-state index in [1.165, 1.54) is 5.56 Å². The van der Waals surface area contributed by atoms with Gasteiger partial charge >= 0.3 is 0 Å². The zero-order valence-electron chi connectivity index (χ0n) is 16.7. The number of amides is 2. The quantitative estimate of drug-likeness (QED) is 0.458. The monoisotopic (exact) mass is 465 g/mol. The van der Waals surface area contributed by atoms with Crippen molar-refractivity contribution in [1.29, 1.82) is 0 Å². The maximum Gasteiger partial charge on any atom is 0.243 e. The molecule has 3 aromatic rings. The minimum absolute atomic E-state index is 0.0817. The van der Waals surface area contributed by atoms with Crippen molar-refractivity contribution in [3.63, 3.8) is 0 Å². The molecule has 3 N–H and O–H groups in total. The lowest BCUT2D eigenvalue weighted by atomic mass is 10.0. The van der Waals surface area contributed by atoms with E-state index in [2.05, 4.69) is 44.0 Å². The zero-order chi connectivity index (χ0) is 21.3. The summed E-state index contributed by atoms with van der Waals surface area (Å²) in [5.41, 5.74) is 4.90. The molecular weight excluding hydrogens is 442 g/mol. The number of carbonyl (C=O) groups is 2. The molecule has 3 rings (SSSR count). The molecule has 5 nitrogen and oxygen atoms in total. The molecule has 30 heavy (non-hydrogen) atoms. The molecular formula is C24H24BrN3O2. The van der Waals surface area contributed by atoms with Crippen LogP contribution in [0.1, 0.15) is 16.7 Å². The molecule has 0 heterocycles. The highest BCUT2D eigenvalue weighted by Crippen LogP contribution is 2.20. The molecule has 0 aromatic heterocycles. The first kappa shape index (κ1) is 21.6. The first-order valence-electron chi connectivity index (χ1n) is 9.69. The number of benzene rings is 3. The Hall–Kier alpha value is -3.12. The van der Waals surface area contributed by atoms with Crippen LogP contribution in [0.2, 0.25) is 0 Å². The van der Waals surface area contributed by atoms with Gasteiger partial charge in [-0.15, -0.1) is 0 Å². The third kappa shape index (κ3) is 6.46. The van der Waals surface area contributed by atoms with Crippen LogP contribution in [-0.4, -0.2) is 24.9 Å². The second kappa shape index (κ2) is 10.6. The predicted molar refractivity (Wildman–Crippen MR) is 125 cm³/mol. The lowest BCUT2D eigenvalue weighted by Gasteiger charge is -2.13. The van der Waals surface area contributed by atoms with Gasteiger partial charge in [0.25, 0.3) is 0 Å². The second-order valence-electron chi connectivity index (χ2n) is 6.96. The molecule has 0 atom stereocenters. The Kier molecular flexibility index (Phi) is 7.63. The maximum absolute atomic E-state index is 12.2. The molecule has 0 unspecified atom stereocenters. The summed E-state index contributed by atoms with van der Waals surface area (Å²) in [6, 6.07) is 23.7. The van der Waals surface area contributed by atoms with Crippen LogP contribution in [0.5, 0.6) is 0 Å². The lowest BCUT2D eigenvalue weighted by molar-refractivity contribution is -0.122. The summed E-state index contributed by atoms with van der Waals surface area (Å²) in [4.78, 5) is 24.3. The zero-order valence-corrected chi connectivity index (χ0v) is 18.3. The molecule has 0 aliphatic heterocycles. The minimum Gasteiger partial charge on any atom is -0.376 e. The van der Waals surface area contributed by atoms with Crippen LogP contribution in [0, 0.1) is 6.92 Å². The number of anilines is 2. The van der Waals surface area contributed by atoms with Crippen molar-refractivity contribution in [3.8, 4) is 0 Å². The Labute approximate surface area is 185 Å². The third-order valence-electron chi connectivity index (χ3n) is 4.60. The molecule has 0 radical (unpaired) electrons. The van der Waals surface area contributed by atoms with Gasteiger partial charge in [-0.2, -0.15) is 0 Å². The number of hydrogen-bond donors (Lipinski definition) is 3. The number of halogens is 1. The summed E-state index contributed by atoms with van der Waals surface area (Å²) in [6.45, 7) is 1.92. The van der Waals surface area contributed by atoms with E-state index in [1.54, 1.807) is 0 Å². The van der Waals surface area contributed by atoms with Crippen LogP contribution < -0.4 is 16.0 Å². The van der Waals surface area contributed by atoms with Crippen LogP contribution in [0.3, 0.4) is 0 Å². The highest BCUT2D eigenvalue weighted by molar-refractivity contribution is 9.10. The number of nitrogens with one attached hydrogen (secondary N) is 3. The minimum atomic E-state index is -0.266. The third-order valence-corrected chi connectivity index (χ3v) is 5.10. The first-order chi connectivity index (χ1) is 14.5. The van der Waals surface area contributed by atoms with Crippen molar-refractivity contribution >= 4 is 39.1 Å². The Balaban J connectivity index is 1.48. The van der Waals surface area contributed by atoms with Crippen LogP contribution in [0.25, 0.3) is 0 Å². The van der Waals surface area contributed by atoms with Gasteiger partial charge in [-0.3, -0.25) is 9.59 Å². The van der Waals surface area contributed by atoms with Crippen LogP contribution in [0.4, 0.5) is 11.4 Å². The van der Waals surface area contributed by atoms with Crippen LogP contribution in [-0.2, 0) is 16.0 Å². The summed E-state index contributed by atoms with van der Waals surface area (Å²) >= 11 is 3.40. The Morgan fingerprint density at radius 2 is 1.57 bits per heavy atom. The molecule has 2 amide bonds. The fourth-order valence-corrected chi connectivity index (χ4v) is 3.52. The van der Waals surface area contributed by atoms with Crippen molar-refractivity contribution in [2.45, 2.75) is 13.3 Å². The smallest absolute Gasteiger partial charge is 0.243 e. The Bertz CT molecular complexity index is 1020. The molecule has 0 saturated carbocycles. The van der Waals surface area contributed by atoms with E-state index < -0.39 is 0 Å². The molecule has 0 bridgehead atoms. The highest BCUT2D eigenvalue weighted by atomic mass is 79.9. The highest BCUT2D eigenvalue weighted by Gasteiger charge is 2.09. The fraction of sp³-hybridized carbons (Fsp3) is 0.167. The normalized spacial score (nSPS) is 10.3. The van der Waals surface area contributed by atoms with Gasteiger partial charge in [-0.25, -0.2) is 0 Å². The fourth-order valence-electron chi connectivity index (χ4n) is 3.04. The van der Waals surface area contributed by atoms with E-state index in [9.17, 15) is 9.59 Å². The Morgan fingerprint density at radius 3 is 2.33 bits per heavy atom. The molecule has 154 valence electrons. The van der Waals surface area contributed by atoms with Gasteiger partial charge < -0.3 is 16.0 Å². The summed E-state index contributed by atoms with van der Waals surface area (Å²) in [6.07, 6.45) is 0.778. The van der Waals surface area contributed by atoms with Gasteiger partial charge in [0.15, 0.2) is 0 Å². The molecule has 0 aliphatic rings. The van der Waals surface area contributed by atoms with Gasteiger partial charge in [0.05, 0.1) is 13.1 Å². The van der Waals surface area contributed by atoms with E-state index in [0.717, 1.165) is 33.4 Å². The van der Waals surface area contributed by atoms with Crippen molar-refractivity contribution in [2.75, 3.05) is 23.7 Å². The lowest BCUT2D eigenvalue weighted by Crippen LogP contribution is -2.36. The molecule has 0 fully saturated rings. The van der Waals surface area contributed by atoms with Gasteiger partial charge in [0.1, 0.15) is 0 Å². The van der Waals surface area contributed by atoms with Gasteiger partial charge in [-0.1, -0.05) is 64.5 Å². The van der Waals surface area contributed by atoms with Crippen LogP contribution >= 0.6 is 15.9 Å². The number of rotatable bonds is 8. The number of aryl methyl sites for hydroxylation is 1. The van der Waals surface area contributed by atoms with E-state index >= 15 is 0 Å². The number of carbonyl (C=O) groups excluding carboxylic acids is 2. The summed E-state index contributed by atoms with van der Waals surface area (Å²) < 4.78 is 0.949. The van der Waals surface area contributed by atoms with Crippen molar-refractivity contribution in [1.82, 2.24) is 5.32 Å². The van der Waals surface area contributed by atoms with E-state index in [4.69, 9.17) is 0 Å². The molecule has 0 saturated heterocycles. The Morgan fingerprint density at radius 1 is 0.833 bits per heavy atom. The van der Waals surface area contributed by atoms with E-state index in [0.29, 0.717) is 0 Å². The molecule has 6 heteroatoms. The van der Waals surface area contributed by atoms with Crippen LogP contribution in [0.15, 0.2) is 77.3 Å². The van der Waals surface area contributed by atoms with Gasteiger partial charge in [-0.05, 0) is 54.3 Å². The number of hydrogen-bond acceptors (Lipinski definition) is 3. The summed E-state index contributed by atoms with van der Waals surface area (Å²) in [5.74, 6) is -0.509. The molecule has 0 aliphatic carbocycles. The van der Waals surface area contributed by atoms with E-state index in [1.807, 2.05) is 67.6 Å². The second-order valence-corrected chi connectivity index (χ2v) is 7.87. The maximum atomic E-state index is 12.2. The first-order valence-corrected chi connectivity index (χ1v) is 10.5. The summed E-state index contributed by atoms with van der Waals surface area (Å²) in [5, 5.41) is 8.63. The largest absolute Gasteiger partial charge is 0.376 e. The number of para-hydroxylation sites is 1. The topological polar surface area (TPSA) is 70.2 Å². The van der Waals surface area contributed by atoms with Gasteiger partial charge in [0, 0.05) is 15.8 Å². The average molecular weight is 466 g/mol. The van der Waals surface area contributed by atoms with E-state index in [-0.39, 0.29) is 24.9 Å². The molecule has 3 aromatic carbocycles. The predicted octanol–water partition coefficient (Wildman–Crippen LogP) is 4.52. The van der Waals surface area contributed by atoms with Gasteiger partial charge in [0.2, 0.25) is 11.8 Å². The van der Waals surface area contributed by atoms with Crippen molar-refractivity contribution in [2.24, 2.45) is 0 Å². The SMILES string of the molecule is Cc1cc(Br)ccc1NC(=O)CNC(=O)CNc1ccccc1Cc1ccccc1. The van der Waals surface area contributed by atoms with Crippen molar-refractivity contribution in [3.05, 3.63) is 94.0 Å². The standard InChI is InChI=1S/C24H24BrN3O2/c1-17-13-20(25)11-12-21(17)28-24(30)16-27-23(29)15-26-22-10-6-5-9-19(22)14-18-7-3-2-4-8-18/h2-13,26H,14-16H2,1H3,(H,27,29)(H,28,30). The average Bonchev–Trinajstić information content (AvgIpc) is 2.74. The summed E-state index contributed by atoms with van der Waals surface area (Å²) in [7, 11) is 0. The van der Waals surface area contributed by atoms with Crippen molar-refractivity contribution < 1.29 is 9.59 Å².